The van der Waals surface area contributed by atoms with Crippen LogP contribution in [0.25, 0.3) is 6.08 Å². The third kappa shape index (κ3) is 5.21. The Balaban J connectivity index is 1.58. The normalized spacial score (nSPS) is 14.5. The summed E-state index contributed by atoms with van der Waals surface area (Å²) in [4.78, 5) is 16.6. The van der Waals surface area contributed by atoms with Crippen molar-refractivity contribution in [1.82, 2.24) is 0 Å². The molecule has 0 spiro atoms. The first-order valence-corrected chi connectivity index (χ1v) is 11.4. The highest BCUT2D eigenvalue weighted by Crippen LogP contribution is 2.36. The average Bonchev–Trinajstić information content (AvgIpc) is 3.08. The van der Waals surface area contributed by atoms with E-state index in [1.165, 1.54) is 0 Å². The number of halogens is 4. The van der Waals surface area contributed by atoms with Crippen molar-refractivity contribution in [2.75, 3.05) is 0 Å². The Hall–Kier alpha value is -2.12. The maximum Gasteiger partial charge on any atom is 0.363 e. The smallest absolute Gasteiger partial charge is 0.363 e. The van der Waals surface area contributed by atoms with E-state index in [4.69, 9.17) is 32.7 Å². The van der Waals surface area contributed by atoms with Gasteiger partial charge in [-0.25, -0.2) is 9.79 Å². The summed E-state index contributed by atoms with van der Waals surface area (Å²) in [7, 11) is 0. The lowest BCUT2D eigenvalue weighted by Gasteiger charge is -2.11. The minimum atomic E-state index is -0.558. The predicted molar refractivity (Wildman–Crippen MR) is 130 cm³/mol. The number of benzene rings is 3. The number of ether oxygens (including phenoxy) is 2. The van der Waals surface area contributed by atoms with Gasteiger partial charge in [-0.1, -0.05) is 53.5 Å². The zero-order valence-corrected chi connectivity index (χ0v) is 20.4. The summed E-state index contributed by atoms with van der Waals surface area (Å²) in [5, 5.41) is 0.837. The second-order valence-electron chi connectivity index (χ2n) is 6.55. The monoisotopic (exact) mass is 579 g/mol. The first-order valence-electron chi connectivity index (χ1n) is 9.04. The Labute approximate surface area is 205 Å². The molecular formula is C23H13Br2Cl2NO3. The Morgan fingerprint density at radius 1 is 1.00 bits per heavy atom. The second-order valence-corrected chi connectivity index (χ2v) is 9.10. The summed E-state index contributed by atoms with van der Waals surface area (Å²) in [5.74, 6) is 0.244. The first kappa shape index (κ1) is 22.1. The quantitative estimate of drug-likeness (QED) is 0.232. The summed E-state index contributed by atoms with van der Waals surface area (Å²) in [6, 6.07) is 18.4. The number of aliphatic imine (C=N–C) groups is 1. The van der Waals surface area contributed by atoms with Crippen LogP contribution in [0.5, 0.6) is 5.75 Å². The van der Waals surface area contributed by atoms with Crippen LogP contribution in [-0.2, 0) is 16.1 Å². The largest absolute Gasteiger partial charge is 0.487 e. The standard InChI is InChI=1S/C23H13Br2Cl2NO3/c24-17-8-14(9-18(25)21(17)30-12-13-4-2-1-3-5-13)10-20-23(29)31-22(28-20)16-7-6-15(26)11-19(16)27/h1-11H,12H2/b20-10-. The average molecular weight is 582 g/mol. The van der Waals surface area contributed by atoms with Gasteiger partial charge in [-0.2, -0.15) is 0 Å². The molecule has 8 heteroatoms. The Kier molecular flexibility index (Phi) is 6.82. The number of cyclic esters (lactones) is 1. The molecule has 0 amide bonds. The van der Waals surface area contributed by atoms with Gasteiger partial charge >= 0.3 is 5.97 Å². The van der Waals surface area contributed by atoms with Crippen molar-refractivity contribution in [3.8, 4) is 5.75 Å². The predicted octanol–water partition coefficient (Wildman–Crippen LogP) is 7.44. The highest BCUT2D eigenvalue weighted by Gasteiger charge is 2.26. The molecule has 0 saturated carbocycles. The maximum absolute atomic E-state index is 12.3. The van der Waals surface area contributed by atoms with Crippen LogP contribution in [0.15, 0.2) is 80.3 Å². The van der Waals surface area contributed by atoms with E-state index in [0.29, 0.717) is 28.0 Å². The second kappa shape index (κ2) is 9.57. The number of rotatable bonds is 5. The minimum absolute atomic E-state index is 0.138. The first-order chi connectivity index (χ1) is 14.9. The van der Waals surface area contributed by atoms with Crippen LogP contribution < -0.4 is 4.74 Å². The third-order valence-corrected chi connectivity index (χ3v) is 6.06. The van der Waals surface area contributed by atoms with Gasteiger partial charge < -0.3 is 9.47 Å². The van der Waals surface area contributed by atoms with Crippen LogP contribution in [-0.4, -0.2) is 11.9 Å². The van der Waals surface area contributed by atoms with Crippen LogP contribution in [0, 0.1) is 0 Å². The Bertz CT molecular complexity index is 1200. The molecule has 0 aliphatic carbocycles. The molecule has 3 aromatic rings. The van der Waals surface area contributed by atoms with Gasteiger partial charge in [0, 0.05) is 5.02 Å². The number of hydrogen-bond donors (Lipinski definition) is 0. The van der Waals surface area contributed by atoms with E-state index in [0.717, 1.165) is 20.1 Å². The van der Waals surface area contributed by atoms with Crippen LogP contribution >= 0.6 is 55.1 Å². The summed E-state index contributed by atoms with van der Waals surface area (Å²) in [6.07, 6.45) is 1.63. The highest BCUT2D eigenvalue weighted by atomic mass is 79.9. The van der Waals surface area contributed by atoms with Crippen LogP contribution in [0.2, 0.25) is 10.0 Å². The van der Waals surface area contributed by atoms with Gasteiger partial charge in [0.2, 0.25) is 5.90 Å². The van der Waals surface area contributed by atoms with Gasteiger partial charge in [0.1, 0.15) is 12.4 Å². The molecule has 0 N–H and O–H groups in total. The zero-order chi connectivity index (χ0) is 22.0. The fourth-order valence-electron chi connectivity index (χ4n) is 2.88. The molecule has 4 nitrogen and oxygen atoms in total. The summed E-state index contributed by atoms with van der Waals surface area (Å²) in [5.41, 5.74) is 2.46. The van der Waals surface area contributed by atoms with Crippen molar-refractivity contribution in [3.05, 3.63) is 102 Å². The molecule has 0 saturated heterocycles. The van der Waals surface area contributed by atoms with Crippen molar-refractivity contribution in [2.24, 2.45) is 4.99 Å². The van der Waals surface area contributed by atoms with Gasteiger partial charge in [-0.05, 0) is 79.4 Å². The maximum atomic E-state index is 12.3. The van der Waals surface area contributed by atoms with Crippen molar-refractivity contribution >= 4 is 73.0 Å². The number of carbonyl (C=O) groups excluding carboxylic acids is 1. The highest BCUT2D eigenvalue weighted by molar-refractivity contribution is 9.11. The van der Waals surface area contributed by atoms with E-state index in [1.54, 1.807) is 24.3 Å². The minimum Gasteiger partial charge on any atom is -0.487 e. The molecule has 0 radical (unpaired) electrons. The van der Waals surface area contributed by atoms with Gasteiger partial charge in [-0.3, -0.25) is 0 Å². The fraction of sp³-hybridized carbons (Fsp3) is 0.0435. The van der Waals surface area contributed by atoms with E-state index in [1.807, 2.05) is 42.5 Å². The number of esters is 1. The van der Waals surface area contributed by atoms with E-state index in [9.17, 15) is 4.79 Å². The van der Waals surface area contributed by atoms with Crippen LogP contribution in [0.1, 0.15) is 16.7 Å². The lowest BCUT2D eigenvalue weighted by Crippen LogP contribution is -2.05. The van der Waals surface area contributed by atoms with Crippen LogP contribution in [0.4, 0.5) is 0 Å². The molecular weight excluding hydrogens is 569 g/mol. The molecule has 1 aliphatic heterocycles. The van der Waals surface area contributed by atoms with Crippen molar-refractivity contribution in [3.63, 3.8) is 0 Å². The molecule has 0 bridgehead atoms. The molecule has 1 aliphatic rings. The topological polar surface area (TPSA) is 47.9 Å². The summed E-state index contributed by atoms with van der Waals surface area (Å²) in [6.45, 7) is 0.431. The molecule has 0 fully saturated rings. The van der Waals surface area contributed by atoms with E-state index in [-0.39, 0.29) is 11.6 Å². The zero-order valence-electron chi connectivity index (χ0n) is 15.7. The molecule has 3 aromatic carbocycles. The molecule has 156 valence electrons. The fourth-order valence-corrected chi connectivity index (χ4v) is 4.82. The van der Waals surface area contributed by atoms with E-state index >= 15 is 0 Å². The number of carbonyl (C=O) groups is 1. The van der Waals surface area contributed by atoms with Gasteiger partial charge in [-0.15, -0.1) is 0 Å². The molecule has 1 heterocycles. The van der Waals surface area contributed by atoms with Gasteiger partial charge in [0.25, 0.3) is 0 Å². The Morgan fingerprint density at radius 3 is 2.39 bits per heavy atom. The third-order valence-electron chi connectivity index (χ3n) is 4.33. The summed E-state index contributed by atoms with van der Waals surface area (Å²) >= 11 is 19.2. The van der Waals surface area contributed by atoms with Gasteiger partial charge in [0.05, 0.1) is 19.5 Å². The lowest BCUT2D eigenvalue weighted by atomic mass is 10.2. The van der Waals surface area contributed by atoms with E-state index in [2.05, 4.69) is 36.9 Å². The SMILES string of the molecule is O=C1OC(c2ccc(Cl)cc2Cl)=N/C1=C\c1cc(Br)c(OCc2ccccc2)c(Br)c1. The van der Waals surface area contributed by atoms with Crippen LogP contribution in [0.3, 0.4) is 0 Å². The molecule has 4 rings (SSSR count). The van der Waals surface area contributed by atoms with Crippen molar-refractivity contribution in [2.45, 2.75) is 6.61 Å². The number of hydrogen-bond acceptors (Lipinski definition) is 4. The molecule has 31 heavy (non-hydrogen) atoms. The molecule has 0 unspecified atom stereocenters. The molecule has 0 atom stereocenters. The molecule has 0 aromatic heterocycles. The van der Waals surface area contributed by atoms with Crippen molar-refractivity contribution in [1.29, 1.82) is 0 Å². The van der Waals surface area contributed by atoms with Crippen molar-refractivity contribution < 1.29 is 14.3 Å². The van der Waals surface area contributed by atoms with Gasteiger partial charge in [0.15, 0.2) is 5.70 Å². The lowest BCUT2D eigenvalue weighted by molar-refractivity contribution is -0.129. The van der Waals surface area contributed by atoms with E-state index < -0.39 is 5.97 Å². The Morgan fingerprint density at radius 2 is 1.71 bits per heavy atom. The summed E-state index contributed by atoms with van der Waals surface area (Å²) < 4.78 is 12.7. The number of nitrogens with zero attached hydrogens (tertiary/aromatic N) is 1.